The van der Waals surface area contributed by atoms with Crippen molar-refractivity contribution < 1.29 is 4.39 Å². The first-order chi connectivity index (χ1) is 7.75. The summed E-state index contributed by atoms with van der Waals surface area (Å²) in [5.41, 5.74) is 1.21. The van der Waals surface area contributed by atoms with Gasteiger partial charge in [0.25, 0.3) is 0 Å². The molecule has 1 aromatic rings. The van der Waals surface area contributed by atoms with E-state index in [0.717, 1.165) is 13.0 Å². The largest absolute Gasteiger partial charge is 0.291 e. The molecule has 1 atom stereocenters. The van der Waals surface area contributed by atoms with Gasteiger partial charge in [0.05, 0.1) is 4.95 Å². The van der Waals surface area contributed by atoms with Gasteiger partial charge in [-0.2, -0.15) is 0 Å². The maximum absolute atomic E-state index is 12.7. The molecule has 0 amide bonds. The fraction of sp³-hybridized carbons (Fsp3) is 0.538. The quantitative estimate of drug-likeness (QED) is 0.606. The van der Waals surface area contributed by atoms with Crippen molar-refractivity contribution in [2.24, 2.45) is 0 Å². The van der Waals surface area contributed by atoms with E-state index in [1.165, 1.54) is 43.5 Å². The first-order valence-electron chi connectivity index (χ1n) is 5.88. The summed E-state index contributed by atoms with van der Waals surface area (Å²) in [5, 5.41) is 0. The number of piperidine rings is 1. The Bertz CT molecular complexity index is 325. The van der Waals surface area contributed by atoms with E-state index in [2.05, 4.69) is 20.8 Å². The third kappa shape index (κ3) is 3.29. The SMILES string of the molecule is Fc1ccc(CCN2CCCCC2Br)cc1. The second kappa shape index (κ2) is 5.78. The highest BCUT2D eigenvalue weighted by atomic mass is 79.9. The summed E-state index contributed by atoms with van der Waals surface area (Å²) in [5.74, 6) is -0.153. The Morgan fingerprint density at radius 1 is 1.25 bits per heavy atom. The van der Waals surface area contributed by atoms with Gasteiger partial charge in [0.2, 0.25) is 0 Å². The van der Waals surface area contributed by atoms with Crippen molar-refractivity contribution in [1.82, 2.24) is 4.90 Å². The van der Waals surface area contributed by atoms with Gasteiger partial charge in [-0.3, -0.25) is 4.90 Å². The van der Waals surface area contributed by atoms with Crippen molar-refractivity contribution in [3.63, 3.8) is 0 Å². The fourth-order valence-electron chi connectivity index (χ4n) is 2.13. The second-order valence-electron chi connectivity index (χ2n) is 4.34. The standard InChI is InChI=1S/C13H17BrFN/c14-13-3-1-2-9-16(13)10-8-11-4-6-12(15)7-5-11/h4-7,13H,1-3,8-10H2. The highest BCUT2D eigenvalue weighted by molar-refractivity contribution is 9.09. The molecule has 0 aliphatic carbocycles. The molecule has 1 aliphatic heterocycles. The smallest absolute Gasteiger partial charge is 0.123 e. The Kier molecular flexibility index (Phi) is 4.36. The van der Waals surface area contributed by atoms with Gasteiger partial charge < -0.3 is 0 Å². The van der Waals surface area contributed by atoms with Crippen LogP contribution in [-0.4, -0.2) is 22.9 Å². The van der Waals surface area contributed by atoms with Crippen LogP contribution in [0.4, 0.5) is 4.39 Å². The molecule has 1 aliphatic rings. The minimum atomic E-state index is -0.153. The van der Waals surface area contributed by atoms with E-state index in [1.807, 2.05) is 12.1 Å². The minimum absolute atomic E-state index is 0.153. The number of hydrogen-bond donors (Lipinski definition) is 0. The molecule has 1 heterocycles. The summed E-state index contributed by atoms with van der Waals surface area (Å²) in [6, 6.07) is 6.83. The molecule has 16 heavy (non-hydrogen) atoms. The minimum Gasteiger partial charge on any atom is -0.291 e. The van der Waals surface area contributed by atoms with Crippen molar-refractivity contribution >= 4 is 15.9 Å². The third-order valence-corrected chi connectivity index (χ3v) is 4.17. The highest BCUT2D eigenvalue weighted by Gasteiger charge is 2.18. The van der Waals surface area contributed by atoms with Crippen LogP contribution >= 0.6 is 15.9 Å². The molecule has 3 heteroatoms. The lowest BCUT2D eigenvalue weighted by molar-refractivity contribution is 0.213. The van der Waals surface area contributed by atoms with Crippen LogP contribution in [0.5, 0.6) is 0 Å². The van der Waals surface area contributed by atoms with Crippen LogP contribution in [0.3, 0.4) is 0 Å². The number of alkyl halides is 1. The molecule has 0 aromatic heterocycles. The van der Waals surface area contributed by atoms with E-state index in [0.29, 0.717) is 4.95 Å². The molecule has 88 valence electrons. The molecule has 2 rings (SSSR count). The van der Waals surface area contributed by atoms with Crippen LogP contribution < -0.4 is 0 Å². The lowest BCUT2D eigenvalue weighted by atomic mass is 10.1. The zero-order chi connectivity index (χ0) is 11.4. The van der Waals surface area contributed by atoms with E-state index in [-0.39, 0.29) is 5.82 Å². The maximum atomic E-state index is 12.7. The van der Waals surface area contributed by atoms with Crippen molar-refractivity contribution in [3.05, 3.63) is 35.6 Å². The Labute approximate surface area is 105 Å². The Morgan fingerprint density at radius 3 is 2.69 bits per heavy atom. The van der Waals surface area contributed by atoms with Gasteiger partial charge in [0, 0.05) is 6.54 Å². The lowest BCUT2D eigenvalue weighted by Crippen LogP contribution is -2.36. The predicted octanol–water partition coefficient (Wildman–Crippen LogP) is 3.58. The molecule has 1 aromatic carbocycles. The average molecular weight is 286 g/mol. The van der Waals surface area contributed by atoms with Crippen molar-refractivity contribution in [2.75, 3.05) is 13.1 Å². The van der Waals surface area contributed by atoms with Crippen LogP contribution in [0.15, 0.2) is 24.3 Å². The normalized spacial score (nSPS) is 22.2. The van der Waals surface area contributed by atoms with Crippen molar-refractivity contribution in [2.45, 2.75) is 30.6 Å². The van der Waals surface area contributed by atoms with Crippen LogP contribution in [0.1, 0.15) is 24.8 Å². The van der Waals surface area contributed by atoms with E-state index < -0.39 is 0 Å². The van der Waals surface area contributed by atoms with E-state index >= 15 is 0 Å². The molecule has 0 radical (unpaired) electrons. The molecular formula is C13H17BrFN. The zero-order valence-corrected chi connectivity index (χ0v) is 10.9. The summed E-state index contributed by atoms with van der Waals surface area (Å²) in [4.78, 5) is 2.99. The molecule has 1 fully saturated rings. The lowest BCUT2D eigenvalue weighted by Gasteiger charge is -2.31. The summed E-state index contributed by atoms with van der Waals surface area (Å²) in [7, 11) is 0. The van der Waals surface area contributed by atoms with Crippen LogP contribution in [0.25, 0.3) is 0 Å². The summed E-state index contributed by atoms with van der Waals surface area (Å²) >= 11 is 3.71. The molecule has 1 unspecified atom stereocenters. The summed E-state index contributed by atoms with van der Waals surface area (Å²) in [6.07, 6.45) is 4.86. The number of rotatable bonds is 3. The van der Waals surface area contributed by atoms with Gasteiger partial charge >= 0.3 is 0 Å². The van der Waals surface area contributed by atoms with E-state index in [1.54, 1.807) is 0 Å². The number of hydrogen-bond acceptors (Lipinski definition) is 1. The first-order valence-corrected chi connectivity index (χ1v) is 6.80. The molecule has 1 nitrogen and oxygen atoms in total. The number of nitrogens with zero attached hydrogens (tertiary/aromatic N) is 1. The maximum Gasteiger partial charge on any atom is 0.123 e. The molecule has 0 N–H and O–H groups in total. The summed E-state index contributed by atoms with van der Waals surface area (Å²) < 4.78 is 12.7. The fourth-order valence-corrected chi connectivity index (χ4v) is 2.86. The Balaban J connectivity index is 1.84. The van der Waals surface area contributed by atoms with Gasteiger partial charge in [0.15, 0.2) is 0 Å². The molecule has 1 saturated heterocycles. The van der Waals surface area contributed by atoms with Crippen LogP contribution in [0, 0.1) is 5.82 Å². The Morgan fingerprint density at radius 2 is 2.00 bits per heavy atom. The molecular weight excluding hydrogens is 269 g/mol. The predicted molar refractivity (Wildman–Crippen MR) is 68.2 cm³/mol. The average Bonchev–Trinajstić information content (AvgIpc) is 2.30. The first kappa shape index (κ1) is 12.1. The summed E-state index contributed by atoms with van der Waals surface area (Å²) in [6.45, 7) is 2.23. The number of likely N-dealkylation sites (tertiary alicyclic amines) is 1. The molecule has 0 bridgehead atoms. The molecule has 0 spiro atoms. The molecule has 0 saturated carbocycles. The number of halogens is 2. The van der Waals surface area contributed by atoms with E-state index in [9.17, 15) is 4.39 Å². The van der Waals surface area contributed by atoms with Crippen molar-refractivity contribution in [1.29, 1.82) is 0 Å². The number of benzene rings is 1. The third-order valence-electron chi connectivity index (χ3n) is 3.13. The topological polar surface area (TPSA) is 3.24 Å². The highest BCUT2D eigenvalue weighted by Crippen LogP contribution is 2.21. The van der Waals surface area contributed by atoms with Crippen LogP contribution in [-0.2, 0) is 6.42 Å². The second-order valence-corrected chi connectivity index (χ2v) is 5.40. The zero-order valence-electron chi connectivity index (χ0n) is 9.33. The Hall–Kier alpha value is -0.410. The monoisotopic (exact) mass is 285 g/mol. The van der Waals surface area contributed by atoms with Crippen molar-refractivity contribution in [3.8, 4) is 0 Å². The van der Waals surface area contributed by atoms with Crippen LogP contribution in [0.2, 0.25) is 0 Å². The van der Waals surface area contributed by atoms with Gasteiger partial charge in [0.1, 0.15) is 5.82 Å². The van der Waals surface area contributed by atoms with Gasteiger partial charge in [-0.1, -0.05) is 28.1 Å². The van der Waals surface area contributed by atoms with Gasteiger partial charge in [-0.15, -0.1) is 0 Å². The van der Waals surface area contributed by atoms with E-state index in [4.69, 9.17) is 0 Å². The van der Waals surface area contributed by atoms with Gasteiger partial charge in [-0.25, -0.2) is 4.39 Å². The van der Waals surface area contributed by atoms with Gasteiger partial charge in [-0.05, 0) is 49.9 Å².